The number of nitrogens with two attached hydrogens (primary N) is 1. The van der Waals surface area contributed by atoms with Crippen molar-refractivity contribution in [2.75, 3.05) is 18.2 Å². The van der Waals surface area contributed by atoms with Gasteiger partial charge in [0.15, 0.2) is 0 Å². The van der Waals surface area contributed by atoms with Gasteiger partial charge in [-0.15, -0.1) is 0 Å². The van der Waals surface area contributed by atoms with Crippen LogP contribution in [-0.2, 0) is 0 Å². The minimum Gasteiger partial charge on any atom is -0.494 e. The Morgan fingerprint density at radius 2 is 1.88 bits per heavy atom. The second kappa shape index (κ2) is 7.97. The van der Waals surface area contributed by atoms with Crippen LogP contribution in [0.15, 0.2) is 59.7 Å². The summed E-state index contributed by atoms with van der Waals surface area (Å²) in [4.78, 5) is 0. The molecular formula is C20H25N3O. The van der Waals surface area contributed by atoms with Crippen LogP contribution in [0.4, 0.5) is 5.69 Å². The van der Waals surface area contributed by atoms with Gasteiger partial charge in [-0.3, -0.25) is 5.01 Å². The number of para-hydroxylation sites is 1. The summed E-state index contributed by atoms with van der Waals surface area (Å²) >= 11 is 0. The van der Waals surface area contributed by atoms with E-state index in [4.69, 9.17) is 15.6 Å². The van der Waals surface area contributed by atoms with E-state index in [1.165, 1.54) is 5.56 Å². The zero-order valence-electron chi connectivity index (χ0n) is 14.2. The monoisotopic (exact) mass is 323 g/mol. The number of hydrazone groups is 1. The molecule has 0 saturated carbocycles. The molecular weight excluding hydrogens is 298 g/mol. The lowest BCUT2D eigenvalue weighted by Gasteiger charge is -2.24. The summed E-state index contributed by atoms with van der Waals surface area (Å²) in [7, 11) is 0. The van der Waals surface area contributed by atoms with Gasteiger partial charge in [-0.05, 0) is 49.2 Å². The fraction of sp³-hybridized carbons (Fsp3) is 0.350. The Labute approximate surface area is 143 Å². The number of ether oxygens (including phenoxy) is 1. The lowest BCUT2D eigenvalue weighted by molar-refractivity contribution is 0.317. The van der Waals surface area contributed by atoms with Crippen molar-refractivity contribution in [2.45, 2.75) is 32.2 Å². The summed E-state index contributed by atoms with van der Waals surface area (Å²) in [5.41, 5.74) is 9.25. The van der Waals surface area contributed by atoms with Crippen molar-refractivity contribution in [1.29, 1.82) is 0 Å². The number of nitrogens with zero attached hydrogens (tertiary/aromatic N) is 2. The SMILES string of the molecule is CCCOc1ccc(C2CC(CCN)=NN2c2ccccc2)cc1. The fourth-order valence-electron chi connectivity index (χ4n) is 2.97. The summed E-state index contributed by atoms with van der Waals surface area (Å²) < 4.78 is 5.69. The summed E-state index contributed by atoms with van der Waals surface area (Å²) in [6.45, 7) is 3.50. The van der Waals surface area contributed by atoms with Gasteiger partial charge in [-0.25, -0.2) is 0 Å². The summed E-state index contributed by atoms with van der Waals surface area (Å²) in [5, 5.41) is 6.93. The number of benzene rings is 2. The van der Waals surface area contributed by atoms with Crippen LogP contribution in [0.25, 0.3) is 0 Å². The van der Waals surface area contributed by atoms with Gasteiger partial charge in [0.05, 0.1) is 18.3 Å². The van der Waals surface area contributed by atoms with E-state index < -0.39 is 0 Å². The first-order valence-corrected chi connectivity index (χ1v) is 8.65. The predicted octanol–water partition coefficient (Wildman–Crippen LogP) is 4.13. The van der Waals surface area contributed by atoms with Gasteiger partial charge in [0.25, 0.3) is 0 Å². The quantitative estimate of drug-likeness (QED) is 0.833. The van der Waals surface area contributed by atoms with E-state index >= 15 is 0 Å². The number of rotatable bonds is 7. The largest absolute Gasteiger partial charge is 0.494 e. The molecule has 1 aliphatic heterocycles. The molecule has 2 aromatic rings. The standard InChI is InChI=1S/C20H25N3O/c1-2-14-24-19-10-8-16(9-11-19)20-15-17(12-13-21)22-23(20)18-6-4-3-5-7-18/h3-11,20H,2,12-15,21H2,1H3. The molecule has 1 atom stereocenters. The zero-order valence-corrected chi connectivity index (χ0v) is 14.2. The van der Waals surface area contributed by atoms with Crippen LogP contribution in [-0.4, -0.2) is 18.9 Å². The molecule has 4 nitrogen and oxygen atoms in total. The second-order valence-electron chi connectivity index (χ2n) is 6.02. The number of hydrogen-bond acceptors (Lipinski definition) is 4. The van der Waals surface area contributed by atoms with E-state index in [1.807, 2.05) is 18.2 Å². The molecule has 0 bridgehead atoms. The van der Waals surface area contributed by atoms with Crippen LogP contribution in [0.2, 0.25) is 0 Å². The maximum Gasteiger partial charge on any atom is 0.119 e. The van der Waals surface area contributed by atoms with Crippen molar-refractivity contribution in [3.63, 3.8) is 0 Å². The van der Waals surface area contributed by atoms with Crippen molar-refractivity contribution in [3.05, 3.63) is 60.2 Å². The highest BCUT2D eigenvalue weighted by atomic mass is 16.5. The molecule has 0 fully saturated rings. The zero-order chi connectivity index (χ0) is 16.8. The van der Waals surface area contributed by atoms with Crippen LogP contribution >= 0.6 is 0 Å². The van der Waals surface area contributed by atoms with Gasteiger partial charge in [-0.1, -0.05) is 37.3 Å². The summed E-state index contributed by atoms with van der Waals surface area (Å²) in [5.74, 6) is 0.924. The average Bonchev–Trinajstić information content (AvgIpc) is 3.05. The molecule has 3 rings (SSSR count). The van der Waals surface area contributed by atoms with Crippen LogP contribution in [0.1, 0.15) is 37.8 Å². The molecule has 0 aromatic heterocycles. The molecule has 2 N–H and O–H groups in total. The highest BCUT2D eigenvalue weighted by Crippen LogP contribution is 2.36. The van der Waals surface area contributed by atoms with Crippen molar-refractivity contribution in [1.82, 2.24) is 0 Å². The smallest absolute Gasteiger partial charge is 0.119 e. The molecule has 0 saturated heterocycles. The Kier molecular flexibility index (Phi) is 5.49. The molecule has 2 aromatic carbocycles. The third-order valence-corrected chi connectivity index (χ3v) is 4.16. The third kappa shape index (κ3) is 3.77. The molecule has 0 amide bonds. The maximum atomic E-state index is 5.73. The molecule has 0 spiro atoms. The Hall–Kier alpha value is -2.33. The van der Waals surface area contributed by atoms with Crippen molar-refractivity contribution >= 4 is 11.4 Å². The fourth-order valence-corrected chi connectivity index (χ4v) is 2.97. The molecule has 126 valence electrons. The predicted molar refractivity (Wildman–Crippen MR) is 99.6 cm³/mol. The second-order valence-corrected chi connectivity index (χ2v) is 6.02. The Bertz CT molecular complexity index is 667. The van der Waals surface area contributed by atoms with Crippen molar-refractivity contribution in [2.24, 2.45) is 10.8 Å². The Morgan fingerprint density at radius 3 is 2.54 bits per heavy atom. The first-order chi connectivity index (χ1) is 11.8. The van der Waals surface area contributed by atoms with E-state index in [1.54, 1.807) is 0 Å². The molecule has 4 heteroatoms. The number of anilines is 1. The van der Waals surface area contributed by atoms with E-state index in [2.05, 4.69) is 48.3 Å². The van der Waals surface area contributed by atoms with Crippen LogP contribution < -0.4 is 15.5 Å². The van der Waals surface area contributed by atoms with Gasteiger partial charge >= 0.3 is 0 Å². The van der Waals surface area contributed by atoms with Crippen LogP contribution in [0, 0.1) is 0 Å². The highest BCUT2D eigenvalue weighted by molar-refractivity contribution is 5.89. The topological polar surface area (TPSA) is 50.9 Å². The highest BCUT2D eigenvalue weighted by Gasteiger charge is 2.28. The molecule has 0 radical (unpaired) electrons. The van der Waals surface area contributed by atoms with E-state index in [-0.39, 0.29) is 6.04 Å². The minimum atomic E-state index is 0.217. The lowest BCUT2D eigenvalue weighted by atomic mass is 10.00. The maximum absolute atomic E-state index is 5.73. The van der Waals surface area contributed by atoms with E-state index in [9.17, 15) is 0 Å². The Balaban J connectivity index is 1.82. The molecule has 24 heavy (non-hydrogen) atoms. The first kappa shape index (κ1) is 16.5. The van der Waals surface area contributed by atoms with Gasteiger partial charge in [-0.2, -0.15) is 5.10 Å². The minimum absolute atomic E-state index is 0.217. The average molecular weight is 323 g/mol. The van der Waals surface area contributed by atoms with Crippen molar-refractivity contribution in [3.8, 4) is 5.75 Å². The van der Waals surface area contributed by atoms with E-state index in [0.717, 1.165) is 43.0 Å². The van der Waals surface area contributed by atoms with Gasteiger partial charge in [0.1, 0.15) is 5.75 Å². The van der Waals surface area contributed by atoms with Crippen molar-refractivity contribution < 1.29 is 4.74 Å². The molecule has 1 aliphatic rings. The third-order valence-electron chi connectivity index (χ3n) is 4.16. The molecule has 1 unspecified atom stereocenters. The summed E-state index contributed by atoms with van der Waals surface area (Å²) in [6, 6.07) is 18.9. The lowest BCUT2D eigenvalue weighted by Crippen LogP contribution is -2.18. The van der Waals surface area contributed by atoms with E-state index in [0.29, 0.717) is 6.54 Å². The van der Waals surface area contributed by atoms with Crippen LogP contribution in [0.3, 0.4) is 0 Å². The van der Waals surface area contributed by atoms with Crippen LogP contribution in [0.5, 0.6) is 5.75 Å². The van der Waals surface area contributed by atoms with Gasteiger partial charge in [0.2, 0.25) is 0 Å². The normalized spacial score (nSPS) is 17.0. The van der Waals surface area contributed by atoms with Gasteiger partial charge in [0, 0.05) is 12.1 Å². The van der Waals surface area contributed by atoms with Gasteiger partial charge < -0.3 is 10.5 Å². The number of hydrogen-bond donors (Lipinski definition) is 1. The molecule has 0 aliphatic carbocycles. The summed E-state index contributed by atoms with van der Waals surface area (Å²) in [6.07, 6.45) is 2.78. The molecule has 1 heterocycles. The Morgan fingerprint density at radius 1 is 1.12 bits per heavy atom. The first-order valence-electron chi connectivity index (χ1n) is 8.65.